The molecule has 0 fully saturated rings. The molecule has 0 atom stereocenters. The minimum absolute atomic E-state index is 0.0402. The molecule has 0 amide bonds. The molecule has 0 aromatic carbocycles. The van der Waals surface area contributed by atoms with E-state index in [9.17, 15) is 0 Å². The van der Waals surface area contributed by atoms with Gasteiger partial charge in [0.25, 0.3) is 0 Å². The molecule has 5 heteroatoms. The Morgan fingerprint density at radius 3 is 2.53 bits per heavy atom. The molecule has 0 radical (unpaired) electrons. The van der Waals surface area contributed by atoms with Gasteiger partial charge in [-0.15, -0.1) is 0 Å². The van der Waals surface area contributed by atoms with Crippen LogP contribution in [0.1, 0.15) is 5.56 Å². The molecular weight excluding hydrogens is 194 g/mol. The summed E-state index contributed by atoms with van der Waals surface area (Å²) < 4.78 is 0. The lowest BCUT2D eigenvalue weighted by Gasteiger charge is -2.22. The maximum absolute atomic E-state index is 8.86. The number of aliphatic hydroxyl groups is 2. The Balaban J connectivity index is 2.94. The van der Waals surface area contributed by atoms with E-state index < -0.39 is 0 Å². The van der Waals surface area contributed by atoms with Crippen LogP contribution >= 0.6 is 0 Å². The molecule has 0 aliphatic heterocycles. The van der Waals surface area contributed by atoms with Crippen molar-refractivity contribution in [3.05, 3.63) is 23.9 Å². The highest BCUT2D eigenvalue weighted by Gasteiger charge is 2.10. The molecule has 0 bridgehead atoms. The Morgan fingerprint density at radius 1 is 1.33 bits per heavy atom. The number of nitriles is 1. The van der Waals surface area contributed by atoms with Gasteiger partial charge in [0.05, 0.1) is 18.8 Å². The number of hydrogen-bond donors (Lipinski definition) is 2. The fourth-order valence-corrected chi connectivity index (χ4v) is 1.30. The van der Waals surface area contributed by atoms with Gasteiger partial charge in [0.2, 0.25) is 0 Å². The zero-order chi connectivity index (χ0) is 11.1. The predicted octanol–water partition coefficient (Wildman–Crippen LogP) is -0.256. The molecule has 1 aromatic rings. The highest BCUT2D eigenvalue weighted by atomic mass is 16.3. The highest BCUT2D eigenvalue weighted by Crippen LogP contribution is 2.15. The molecule has 2 N–H and O–H groups in total. The zero-order valence-electron chi connectivity index (χ0n) is 8.30. The number of pyridine rings is 1. The Bertz CT molecular complexity index is 343. The number of rotatable bonds is 5. The lowest BCUT2D eigenvalue weighted by atomic mass is 10.2. The standard InChI is InChI=1S/C10H13N3O2/c11-8-9-2-1-3-12-10(9)13(4-6-14)5-7-15/h1-3,14-15H,4-7H2. The fourth-order valence-electron chi connectivity index (χ4n) is 1.30. The van der Waals surface area contributed by atoms with Crippen LogP contribution in [0.4, 0.5) is 5.82 Å². The average Bonchev–Trinajstić information content (AvgIpc) is 2.29. The molecule has 0 saturated carbocycles. The largest absolute Gasteiger partial charge is 0.395 e. The summed E-state index contributed by atoms with van der Waals surface area (Å²) in [5.74, 6) is 0.503. The van der Waals surface area contributed by atoms with Crippen molar-refractivity contribution < 1.29 is 10.2 Å². The van der Waals surface area contributed by atoms with E-state index in [-0.39, 0.29) is 13.2 Å². The Hall–Kier alpha value is -1.64. The summed E-state index contributed by atoms with van der Waals surface area (Å²) in [6.07, 6.45) is 1.58. The maximum Gasteiger partial charge on any atom is 0.146 e. The summed E-state index contributed by atoms with van der Waals surface area (Å²) in [6, 6.07) is 5.36. The smallest absolute Gasteiger partial charge is 0.146 e. The van der Waals surface area contributed by atoms with Crippen molar-refractivity contribution in [3.63, 3.8) is 0 Å². The van der Waals surface area contributed by atoms with E-state index in [4.69, 9.17) is 15.5 Å². The highest BCUT2D eigenvalue weighted by molar-refractivity contribution is 5.53. The lowest BCUT2D eigenvalue weighted by molar-refractivity contribution is 0.280. The summed E-state index contributed by atoms with van der Waals surface area (Å²) >= 11 is 0. The van der Waals surface area contributed by atoms with E-state index >= 15 is 0 Å². The third-order valence-electron chi connectivity index (χ3n) is 1.95. The molecule has 15 heavy (non-hydrogen) atoms. The minimum atomic E-state index is -0.0402. The maximum atomic E-state index is 8.86. The lowest BCUT2D eigenvalue weighted by Crippen LogP contribution is -2.31. The van der Waals surface area contributed by atoms with Crippen LogP contribution in [0.25, 0.3) is 0 Å². The van der Waals surface area contributed by atoms with Crippen LogP contribution in [-0.4, -0.2) is 41.5 Å². The van der Waals surface area contributed by atoms with E-state index in [1.54, 1.807) is 23.2 Å². The van der Waals surface area contributed by atoms with Crippen molar-refractivity contribution in [2.24, 2.45) is 0 Å². The molecule has 0 aliphatic rings. The fraction of sp³-hybridized carbons (Fsp3) is 0.400. The van der Waals surface area contributed by atoms with Crippen LogP contribution in [0.2, 0.25) is 0 Å². The number of nitrogens with zero attached hydrogens (tertiary/aromatic N) is 3. The second-order valence-corrected chi connectivity index (χ2v) is 2.92. The van der Waals surface area contributed by atoms with Gasteiger partial charge in [-0.2, -0.15) is 5.26 Å². The topological polar surface area (TPSA) is 80.4 Å². The Morgan fingerprint density at radius 2 is 2.00 bits per heavy atom. The predicted molar refractivity (Wildman–Crippen MR) is 55.3 cm³/mol. The van der Waals surface area contributed by atoms with Crippen molar-refractivity contribution >= 4 is 5.82 Å². The van der Waals surface area contributed by atoms with Gasteiger partial charge >= 0.3 is 0 Å². The molecule has 1 aromatic heterocycles. The summed E-state index contributed by atoms with van der Waals surface area (Å²) in [5.41, 5.74) is 0.444. The molecule has 0 aliphatic carbocycles. The molecule has 0 unspecified atom stereocenters. The third kappa shape index (κ3) is 2.91. The van der Waals surface area contributed by atoms with Gasteiger partial charge in [-0.1, -0.05) is 0 Å². The SMILES string of the molecule is N#Cc1cccnc1N(CCO)CCO. The number of hydrogen-bond acceptors (Lipinski definition) is 5. The number of anilines is 1. The van der Waals surface area contributed by atoms with Gasteiger partial charge in [0.1, 0.15) is 11.9 Å². The summed E-state index contributed by atoms with van der Waals surface area (Å²) in [7, 11) is 0. The van der Waals surface area contributed by atoms with Crippen LogP contribution in [0.5, 0.6) is 0 Å². The Kier molecular flexibility index (Phi) is 4.54. The van der Waals surface area contributed by atoms with Crippen LogP contribution in [0, 0.1) is 11.3 Å². The van der Waals surface area contributed by atoms with Crippen LogP contribution in [0.3, 0.4) is 0 Å². The summed E-state index contributed by atoms with van der Waals surface area (Å²) in [6.45, 7) is 0.626. The first-order valence-corrected chi connectivity index (χ1v) is 4.65. The second-order valence-electron chi connectivity index (χ2n) is 2.92. The van der Waals surface area contributed by atoms with Crippen molar-refractivity contribution in [1.29, 1.82) is 5.26 Å². The Labute approximate surface area is 88.2 Å². The average molecular weight is 207 g/mol. The molecule has 5 nitrogen and oxygen atoms in total. The van der Waals surface area contributed by atoms with Crippen molar-refractivity contribution in [2.45, 2.75) is 0 Å². The first kappa shape index (κ1) is 11.4. The van der Waals surface area contributed by atoms with Gasteiger partial charge in [-0.05, 0) is 12.1 Å². The van der Waals surface area contributed by atoms with Gasteiger partial charge in [-0.25, -0.2) is 4.98 Å². The van der Waals surface area contributed by atoms with Gasteiger partial charge in [0, 0.05) is 19.3 Å². The molecule has 0 saturated heterocycles. The van der Waals surface area contributed by atoms with Crippen molar-refractivity contribution in [3.8, 4) is 6.07 Å². The van der Waals surface area contributed by atoms with E-state index in [1.807, 2.05) is 6.07 Å². The molecule has 1 heterocycles. The van der Waals surface area contributed by atoms with Crippen molar-refractivity contribution in [2.75, 3.05) is 31.2 Å². The van der Waals surface area contributed by atoms with Gasteiger partial charge in [-0.3, -0.25) is 0 Å². The molecule has 0 spiro atoms. The molecular formula is C10H13N3O2. The van der Waals surface area contributed by atoms with Crippen LogP contribution in [-0.2, 0) is 0 Å². The summed E-state index contributed by atoms with van der Waals surface area (Å²) in [4.78, 5) is 5.75. The minimum Gasteiger partial charge on any atom is -0.395 e. The number of aliphatic hydroxyl groups excluding tert-OH is 2. The van der Waals surface area contributed by atoms with Gasteiger partial charge in [0.15, 0.2) is 0 Å². The van der Waals surface area contributed by atoms with Crippen molar-refractivity contribution in [1.82, 2.24) is 4.98 Å². The third-order valence-corrected chi connectivity index (χ3v) is 1.95. The van der Waals surface area contributed by atoms with E-state index in [1.165, 1.54) is 0 Å². The second kappa shape index (κ2) is 5.96. The first-order valence-electron chi connectivity index (χ1n) is 4.65. The molecule has 1 rings (SSSR count). The van der Waals surface area contributed by atoms with Crippen LogP contribution in [0.15, 0.2) is 18.3 Å². The monoisotopic (exact) mass is 207 g/mol. The first-order chi connectivity index (χ1) is 7.33. The quantitative estimate of drug-likeness (QED) is 0.695. The number of aromatic nitrogens is 1. The molecule has 80 valence electrons. The summed E-state index contributed by atoms with van der Waals surface area (Å²) in [5, 5.41) is 26.6. The normalized spacial score (nSPS) is 9.67. The van der Waals surface area contributed by atoms with E-state index in [2.05, 4.69) is 4.98 Å². The van der Waals surface area contributed by atoms with E-state index in [0.717, 1.165) is 0 Å². The van der Waals surface area contributed by atoms with E-state index in [0.29, 0.717) is 24.5 Å². The van der Waals surface area contributed by atoms with Gasteiger partial charge < -0.3 is 15.1 Å². The zero-order valence-corrected chi connectivity index (χ0v) is 8.30. The van der Waals surface area contributed by atoms with Crippen LogP contribution < -0.4 is 4.90 Å².